The highest BCUT2D eigenvalue weighted by Gasteiger charge is 2.23. The van der Waals surface area contributed by atoms with Gasteiger partial charge in [0.2, 0.25) is 0 Å². The summed E-state index contributed by atoms with van der Waals surface area (Å²) in [7, 11) is 0. The van der Waals surface area contributed by atoms with Gasteiger partial charge in [-0.15, -0.1) is 0 Å². The molecule has 2 aromatic rings. The normalized spacial score (nSPS) is 10.1. The van der Waals surface area contributed by atoms with Crippen LogP contribution in [0.1, 0.15) is 51.3 Å². The Balaban J connectivity index is 2.42. The first-order valence-corrected chi connectivity index (χ1v) is 8.19. The van der Waals surface area contributed by atoms with Crippen LogP contribution in [-0.4, -0.2) is 29.3 Å². The smallest absolute Gasteiger partial charge is 0.343 e. The zero-order chi connectivity index (χ0) is 20.0. The third kappa shape index (κ3) is 4.55. The van der Waals surface area contributed by atoms with E-state index in [4.69, 9.17) is 9.47 Å². The van der Waals surface area contributed by atoms with Crippen molar-refractivity contribution >= 4 is 23.4 Å². The fourth-order valence-electron chi connectivity index (χ4n) is 2.30. The minimum atomic E-state index is -0.855. The molecule has 0 saturated carbocycles. The zero-order valence-corrected chi connectivity index (χ0v) is 14.8. The van der Waals surface area contributed by atoms with E-state index in [0.717, 1.165) is 12.1 Å². The Bertz CT molecular complexity index is 887. The van der Waals surface area contributed by atoms with Crippen LogP contribution in [0.2, 0.25) is 0 Å². The lowest BCUT2D eigenvalue weighted by Gasteiger charge is -2.13. The highest BCUT2D eigenvalue weighted by molar-refractivity contribution is 6.05. The molecule has 0 aliphatic rings. The van der Waals surface area contributed by atoms with Gasteiger partial charge < -0.3 is 9.47 Å². The van der Waals surface area contributed by atoms with Crippen LogP contribution in [0, 0.1) is 10.1 Å². The second kappa shape index (κ2) is 8.70. The van der Waals surface area contributed by atoms with Gasteiger partial charge >= 0.3 is 11.9 Å². The Morgan fingerprint density at radius 1 is 0.963 bits per heavy atom. The van der Waals surface area contributed by atoms with Gasteiger partial charge in [-0.05, 0) is 31.2 Å². The van der Waals surface area contributed by atoms with E-state index < -0.39 is 16.9 Å². The quantitative estimate of drug-likeness (QED) is 0.240. The van der Waals surface area contributed by atoms with Crippen molar-refractivity contribution in [3.8, 4) is 5.75 Å². The molecule has 0 heterocycles. The van der Waals surface area contributed by atoms with Crippen LogP contribution in [-0.2, 0) is 4.74 Å². The number of hydrogen-bond acceptors (Lipinski definition) is 7. The third-order valence-electron chi connectivity index (χ3n) is 3.64. The lowest BCUT2D eigenvalue weighted by atomic mass is 10.0. The minimum Gasteiger partial charge on any atom is -0.462 e. The van der Waals surface area contributed by atoms with Gasteiger partial charge in [0.15, 0.2) is 11.5 Å². The second-order valence-electron chi connectivity index (χ2n) is 5.37. The molecule has 0 radical (unpaired) electrons. The van der Waals surface area contributed by atoms with Crippen LogP contribution in [0.3, 0.4) is 0 Å². The molecule has 0 aliphatic carbocycles. The Kier molecular flexibility index (Phi) is 6.37. The molecular formula is C19H17NO7. The maximum absolute atomic E-state index is 12.4. The maximum Gasteiger partial charge on any atom is 0.343 e. The Hall–Kier alpha value is -3.55. The van der Waals surface area contributed by atoms with E-state index in [1.54, 1.807) is 13.8 Å². The monoisotopic (exact) mass is 371 g/mol. The van der Waals surface area contributed by atoms with Crippen molar-refractivity contribution in [1.29, 1.82) is 0 Å². The molecule has 140 valence electrons. The summed E-state index contributed by atoms with van der Waals surface area (Å²) in [6.45, 7) is 3.38. The summed E-state index contributed by atoms with van der Waals surface area (Å²) in [5, 5.41) is 10.7. The van der Waals surface area contributed by atoms with Crippen molar-refractivity contribution in [2.45, 2.75) is 20.3 Å². The van der Waals surface area contributed by atoms with Crippen LogP contribution < -0.4 is 4.74 Å². The van der Waals surface area contributed by atoms with Crippen LogP contribution in [0.25, 0.3) is 0 Å². The molecule has 2 aromatic carbocycles. The van der Waals surface area contributed by atoms with E-state index in [1.165, 1.54) is 30.3 Å². The molecule has 0 aromatic heterocycles. The molecule has 0 spiro atoms. The summed E-state index contributed by atoms with van der Waals surface area (Å²) in [6, 6.07) is 9.12. The topological polar surface area (TPSA) is 113 Å². The van der Waals surface area contributed by atoms with Crippen LogP contribution in [0.4, 0.5) is 5.69 Å². The third-order valence-corrected chi connectivity index (χ3v) is 3.64. The van der Waals surface area contributed by atoms with E-state index in [9.17, 15) is 24.5 Å². The number of nitro groups is 1. The molecule has 2 rings (SSSR count). The Labute approximate surface area is 154 Å². The first kappa shape index (κ1) is 19.8. The Morgan fingerprint density at radius 3 is 2.15 bits per heavy atom. The summed E-state index contributed by atoms with van der Waals surface area (Å²) < 4.78 is 10.3. The average Bonchev–Trinajstić information content (AvgIpc) is 2.67. The first-order valence-electron chi connectivity index (χ1n) is 8.19. The molecular weight excluding hydrogens is 354 g/mol. The molecule has 0 fully saturated rings. The van der Waals surface area contributed by atoms with E-state index in [2.05, 4.69) is 0 Å². The van der Waals surface area contributed by atoms with E-state index in [0.29, 0.717) is 0 Å². The molecule has 0 bridgehead atoms. The van der Waals surface area contributed by atoms with Crippen LogP contribution >= 0.6 is 0 Å². The number of carbonyl (C=O) groups excluding carboxylic acids is 3. The van der Waals surface area contributed by atoms with E-state index in [1.807, 2.05) is 0 Å². The number of hydrogen-bond donors (Lipinski definition) is 0. The predicted octanol–water partition coefficient (Wildman–Crippen LogP) is 3.58. The van der Waals surface area contributed by atoms with Crippen molar-refractivity contribution in [3.63, 3.8) is 0 Å². The van der Waals surface area contributed by atoms with Crippen molar-refractivity contribution in [3.05, 3.63) is 69.3 Å². The number of rotatable bonds is 7. The van der Waals surface area contributed by atoms with Crippen LogP contribution in [0.5, 0.6) is 5.75 Å². The average molecular weight is 371 g/mol. The first-order chi connectivity index (χ1) is 12.9. The standard InChI is InChI=1S/C19H17NO7/c1-3-16(21)14-6-5-7-15(19(23)26-4-2)17(14)27-18(22)12-8-10-13(11-9-12)20(24)25/h5-11H,3-4H2,1-2H3. The van der Waals surface area contributed by atoms with E-state index >= 15 is 0 Å². The van der Waals surface area contributed by atoms with Crippen molar-refractivity contribution in [2.24, 2.45) is 0 Å². The molecule has 0 unspecified atom stereocenters. The second-order valence-corrected chi connectivity index (χ2v) is 5.37. The molecule has 0 aliphatic heterocycles. The number of carbonyl (C=O) groups is 3. The number of nitrogens with zero attached hydrogens (tertiary/aromatic N) is 1. The Morgan fingerprint density at radius 2 is 1.59 bits per heavy atom. The van der Waals surface area contributed by atoms with Crippen molar-refractivity contribution in [2.75, 3.05) is 6.61 Å². The molecule has 0 atom stereocenters. The summed E-state index contributed by atoms with van der Waals surface area (Å²) in [5.41, 5.74) is -0.112. The maximum atomic E-state index is 12.4. The molecule has 0 amide bonds. The SMILES string of the molecule is CCOC(=O)c1cccc(C(=O)CC)c1OC(=O)c1ccc([N+](=O)[O-])cc1. The van der Waals surface area contributed by atoms with Gasteiger partial charge in [0.05, 0.1) is 22.7 Å². The molecule has 8 nitrogen and oxygen atoms in total. The minimum absolute atomic E-state index is 0.0363. The number of para-hydroxylation sites is 1. The molecule has 27 heavy (non-hydrogen) atoms. The predicted molar refractivity (Wildman–Crippen MR) is 95.1 cm³/mol. The van der Waals surface area contributed by atoms with Gasteiger partial charge in [0.25, 0.3) is 5.69 Å². The fourth-order valence-corrected chi connectivity index (χ4v) is 2.30. The van der Waals surface area contributed by atoms with Crippen LogP contribution in [0.15, 0.2) is 42.5 Å². The summed E-state index contributed by atoms with van der Waals surface area (Å²) in [5.74, 6) is -2.08. The molecule has 0 N–H and O–H groups in total. The zero-order valence-electron chi connectivity index (χ0n) is 14.8. The highest BCUT2D eigenvalue weighted by Crippen LogP contribution is 2.27. The molecule has 8 heteroatoms. The number of benzene rings is 2. The fraction of sp³-hybridized carbons (Fsp3) is 0.211. The van der Waals surface area contributed by atoms with E-state index in [-0.39, 0.29) is 46.9 Å². The van der Waals surface area contributed by atoms with Gasteiger partial charge in [0.1, 0.15) is 5.56 Å². The molecule has 0 saturated heterocycles. The van der Waals surface area contributed by atoms with Crippen molar-refractivity contribution in [1.82, 2.24) is 0 Å². The summed E-state index contributed by atoms with van der Waals surface area (Å²) in [6.07, 6.45) is 0.147. The number of Topliss-reactive ketones (excluding diaryl/α,β-unsaturated/α-hetero) is 1. The lowest BCUT2D eigenvalue weighted by Crippen LogP contribution is -2.16. The number of esters is 2. The number of ketones is 1. The van der Waals surface area contributed by atoms with Crippen molar-refractivity contribution < 1.29 is 28.8 Å². The van der Waals surface area contributed by atoms with Gasteiger partial charge in [0, 0.05) is 18.6 Å². The summed E-state index contributed by atoms with van der Waals surface area (Å²) in [4.78, 5) is 46.9. The largest absolute Gasteiger partial charge is 0.462 e. The number of ether oxygens (including phenoxy) is 2. The van der Waals surface area contributed by atoms with Gasteiger partial charge in [-0.3, -0.25) is 14.9 Å². The van der Waals surface area contributed by atoms with Gasteiger partial charge in [-0.1, -0.05) is 13.0 Å². The van der Waals surface area contributed by atoms with Gasteiger partial charge in [-0.2, -0.15) is 0 Å². The summed E-state index contributed by atoms with van der Waals surface area (Å²) >= 11 is 0. The lowest BCUT2D eigenvalue weighted by molar-refractivity contribution is -0.384. The number of non-ortho nitro benzene ring substituents is 1. The van der Waals surface area contributed by atoms with Gasteiger partial charge in [-0.25, -0.2) is 9.59 Å². The highest BCUT2D eigenvalue weighted by atomic mass is 16.6. The number of nitro benzene ring substituents is 1.